The monoisotopic (exact) mass is 313 g/mol. The lowest BCUT2D eigenvalue weighted by molar-refractivity contribution is -0.140. The highest BCUT2D eigenvalue weighted by molar-refractivity contribution is 7.89. The molecule has 0 spiro atoms. The summed E-state index contributed by atoms with van der Waals surface area (Å²) in [5.41, 5.74) is 0.461. The second-order valence-corrected chi connectivity index (χ2v) is 7.84. The van der Waals surface area contributed by atoms with Gasteiger partial charge in [0.15, 0.2) is 0 Å². The Hall–Kier alpha value is -1.60. The Labute approximate surface area is 124 Å². The lowest BCUT2D eigenvalue weighted by atomic mass is 10.0. The first kappa shape index (κ1) is 15.8. The Kier molecular flexibility index (Phi) is 3.75. The van der Waals surface area contributed by atoms with Crippen LogP contribution in [-0.2, 0) is 21.2 Å². The van der Waals surface area contributed by atoms with Crippen LogP contribution in [-0.4, -0.2) is 42.5 Å². The zero-order valence-corrected chi connectivity index (χ0v) is 13.3. The van der Waals surface area contributed by atoms with Crippen LogP contribution in [0.4, 0.5) is 0 Å². The van der Waals surface area contributed by atoms with Crippen molar-refractivity contribution in [2.24, 2.45) is 0 Å². The van der Waals surface area contributed by atoms with Crippen molar-refractivity contribution in [2.45, 2.75) is 43.7 Å². The zero-order valence-electron chi connectivity index (χ0n) is 12.5. The molecule has 1 aromatic carbocycles. The van der Waals surface area contributed by atoms with Crippen molar-refractivity contribution in [1.82, 2.24) is 4.31 Å². The summed E-state index contributed by atoms with van der Waals surface area (Å²) in [6, 6.07) is 3.50. The number of sulfonamides is 1. The summed E-state index contributed by atoms with van der Waals surface area (Å²) in [7, 11) is -2.58. The number of hydrogen-bond donors (Lipinski definition) is 1. The van der Waals surface area contributed by atoms with Crippen LogP contribution >= 0.6 is 0 Å². The van der Waals surface area contributed by atoms with Gasteiger partial charge in [0.25, 0.3) is 0 Å². The molecule has 1 heterocycles. The van der Waals surface area contributed by atoms with Crippen molar-refractivity contribution in [3.8, 4) is 5.75 Å². The summed E-state index contributed by atoms with van der Waals surface area (Å²) in [5, 5.41) is 8.96. The highest BCUT2D eigenvalue weighted by atomic mass is 32.2. The summed E-state index contributed by atoms with van der Waals surface area (Å²) < 4.78 is 31.5. The van der Waals surface area contributed by atoms with E-state index in [1.54, 1.807) is 12.1 Å². The molecule has 21 heavy (non-hydrogen) atoms. The minimum Gasteiger partial charge on any atom is -0.487 e. The van der Waals surface area contributed by atoms with Crippen LogP contribution in [0.3, 0.4) is 0 Å². The maximum Gasteiger partial charge on any atom is 0.321 e. The Morgan fingerprint density at radius 2 is 2.05 bits per heavy atom. The van der Waals surface area contributed by atoms with Crippen molar-refractivity contribution < 1.29 is 23.1 Å². The van der Waals surface area contributed by atoms with Gasteiger partial charge >= 0.3 is 5.97 Å². The number of rotatable bonds is 4. The van der Waals surface area contributed by atoms with E-state index in [0.29, 0.717) is 12.2 Å². The molecule has 116 valence electrons. The lowest BCUT2D eigenvalue weighted by Crippen LogP contribution is -2.40. The first-order valence-electron chi connectivity index (χ1n) is 6.57. The van der Waals surface area contributed by atoms with E-state index in [1.165, 1.54) is 20.0 Å². The number of likely N-dealkylation sites (N-methyl/N-ethyl adjacent to an activating group) is 1. The lowest BCUT2D eigenvalue weighted by Gasteiger charge is -2.21. The average Bonchev–Trinajstić information content (AvgIpc) is 2.69. The van der Waals surface area contributed by atoms with E-state index < -0.39 is 22.0 Å². The van der Waals surface area contributed by atoms with Crippen LogP contribution in [0.5, 0.6) is 5.75 Å². The smallest absolute Gasteiger partial charge is 0.321 e. The Bertz CT molecular complexity index is 681. The number of nitrogens with zero attached hydrogens (tertiary/aromatic N) is 1. The van der Waals surface area contributed by atoms with E-state index in [-0.39, 0.29) is 10.5 Å². The van der Waals surface area contributed by atoms with Crippen molar-refractivity contribution in [3.63, 3.8) is 0 Å². The number of ether oxygens (including phenoxy) is 1. The van der Waals surface area contributed by atoms with Crippen LogP contribution in [0.2, 0.25) is 0 Å². The summed E-state index contributed by atoms with van der Waals surface area (Å²) in [5.74, 6) is -0.514. The first-order valence-corrected chi connectivity index (χ1v) is 8.01. The third kappa shape index (κ3) is 2.89. The molecule has 0 aromatic heterocycles. The number of fused-ring (bicyclic) bond motifs is 1. The van der Waals surface area contributed by atoms with Crippen molar-refractivity contribution in [3.05, 3.63) is 23.8 Å². The van der Waals surface area contributed by atoms with E-state index in [4.69, 9.17) is 9.84 Å². The highest BCUT2D eigenvalue weighted by Gasteiger charge is 2.33. The van der Waals surface area contributed by atoms with E-state index in [9.17, 15) is 13.2 Å². The molecule has 1 unspecified atom stereocenters. The van der Waals surface area contributed by atoms with Crippen LogP contribution < -0.4 is 4.74 Å². The van der Waals surface area contributed by atoms with Crippen molar-refractivity contribution in [2.75, 3.05) is 7.05 Å². The molecule has 0 fully saturated rings. The largest absolute Gasteiger partial charge is 0.487 e. The van der Waals surface area contributed by atoms with E-state index in [1.807, 2.05) is 13.8 Å². The van der Waals surface area contributed by atoms with Gasteiger partial charge < -0.3 is 9.84 Å². The van der Waals surface area contributed by atoms with Crippen LogP contribution in [0.1, 0.15) is 26.3 Å². The van der Waals surface area contributed by atoms with Crippen molar-refractivity contribution >= 4 is 16.0 Å². The quantitative estimate of drug-likeness (QED) is 0.910. The van der Waals surface area contributed by atoms with E-state index in [2.05, 4.69) is 0 Å². The predicted molar refractivity (Wildman–Crippen MR) is 76.9 cm³/mol. The third-order valence-electron chi connectivity index (χ3n) is 3.61. The van der Waals surface area contributed by atoms with Gasteiger partial charge in [-0.2, -0.15) is 4.31 Å². The van der Waals surface area contributed by atoms with Gasteiger partial charge in [-0.25, -0.2) is 8.42 Å². The molecule has 0 radical (unpaired) electrons. The van der Waals surface area contributed by atoms with Gasteiger partial charge in [-0.15, -0.1) is 0 Å². The van der Waals surface area contributed by atoms with Gasteiger partial charge in [-0.1, -0.05) is 0 Å². The molecule has 7 heteroatoms. The molecule has 0 bridgehead atoms. The summed E-state index contributed by atoms with van der Waals surface area (Å²) in [6.45, 7) is 5.19. The molecule has 1 aliphatic rings. The van der Waals surface area contributed by atoms with Crippen LogP contribution in [0.25, 0.3) is 0 Å². The number of aliphatic carboxylic acids is 1. The van der Waals surface area contributed by atoms with Gasteiger partial charge in [0, 0.05) is 13.5 Å². The summed E-state index contributed by atoms with van der Waals surface area (Å²) in [6.07, 6.45) is 0.615. The SMILES string of the molecule is CC(C(=O)O)N(C)S(=O)(=O)c1ccc2c(c1)CC(C)(C)O2. The third-order valence-corrected chi connectivity index (χ3v) is 5.54. The molecule has 2 rings (SSSR count). The summed E-state index contributed by atoms with van der Waals surface area (Å²) >= 11 is 0. The number of benzene rings is 1. The van der Waals surface area contributed by atoms with Gasteiger partial charge in [0.05, 0.1) is 4.90 Å². The van der Waals surface area contributed by atoms with Gasteiger partial charge in [0.1, 0.15) is 17.4 Å². The number of carboxylic acids is 1. The van der Waals surface area contributed by atoms with Crippen molar-refractivity contribution in [1.29, 1.82) is 0 Å². The summed E-state index contributed by atoms with van der Waals surface area (Å²) in [4.78, 5) is 11.0. The highest BCUT2D eigenvalue weighted by Crippen LogP contribution is 2.36. The van der Waals surface area contributed by atoms with Gasteiger partial charge in [0.2, 0.25) is 10.0 Å². The second kappa shape index (κ2) is 4.99. The standard InChI is InChI=1S/C14H19NO5S/c1-9(13(16)17)15(4)21(18,19)11-5-6-12-10(7-11)8-14(2,3)20-12/h5-7,9H,8H2,1-4H3,(H,16,17). The molecule has 1 N–H and O–H groups in total. The molecule has 0 amide bonds. The maximum absolute atomic E-state index is 12.5. The molecule has 0 saturated heterocycles. The second-order valence-electron chi connectivity index (χ2n) is 5.84. The topological polar surface area (TPSA) is 83.9 Å². The Morgan fingerprint density at radius 3 is 2.62 bits per heavy atom. The van der Waals surface area contributed by atoms with Gasteiger partial charge in [-0.3, -0.25) is 4.79 Å². The maximum atomic E-state index is 12.5. The van der Waals surface area contributed by atoms with Crippen LogP contribution in [0, 0.1) is 0 Å². The fraction of sp³-hybridized carbons (Fsp3) is 0.500. The Balaban J connectivity index is 2.38. The fourth-order valence-corrected chi connectivity index (χ4v) is 3.65. The number of hydrogen-bond acceptors (Lipinski definition) is 4. The predicted octanol–water partition coefficient (Wildman–Crippen LogP) is 1.49. The molecule has 1 aromatic rings. The molecule has 0 saturated carbocycles. The van der Waals surface area contributed by atoms with E-state index >= 15 is 0 Å². The average molecular weight is 313 g/mol. The molecule has 6 nitrogen and oxygen atoms in total. The normalized spacial score (nSPS) is 18.1. The molecule has 1 atom stereocenters. The van der Waals surface area contributed by atoms with E-state index in [0.717, 1.165) is 9.87 Å². The molecule has 0 aliphatic carbocycles. The first-order chi connectivity index (χ1) is 9.54. The minimum absolute atomic E-state index is 0.0816. The fourth-order valence-electron chi connectivity index (χ4n) is 2.28. The zero-order chi connectivity index (χ0) is 16.0. The Morgan fingerprint density at radius 1 is 1.43 bits per heavy atom. The number of carbonyl (C=O) groups is 1. The molecular formula is C14H19NO5S. The molecular weight excluding hydrogens is 294 g/mol. The minimum atomic E-state index is -3.85. The van der Waals surface area contributed by atoms with Crippen LogP contribution in [0.15, 0.2) is 23.1 Å². The molecule has 1 aliphatic heterocycles. The van der Waals surface area contributed by atoms with Gasteiger partial charge in [-0.05, 0) is 44.5 Å². The number of carboxylic acid groups (broad SMARTS) is 1.